The normalized spacial score (nSPS) is 12.2. The van der Waals surface area contributed by atoms with Crippen molar-refractivity contribution < 1.29 is 9.36 Å². The zero-order chi connectivity index (χ0) is 14.0. The molecule has 0 aliphatic heterocycles. The first-order chi connectivity index (χ1) is 8.97. The molecule has 0 saturated heterocycles. The monoisotopic (exact) mass is 274 g/mol. The zero-order valence-electron chi connectivity index (χ0n) is 11.4. The van der Waals surface area contributed by atoms with Crippen molar-refractivity contribution in [1.29, 1.82) is 0 Å². The van der Waals surface area contributed by atoms with Gasteiger partial charge in [-0.25, -0.2) is 0 Å². The third-order valence-electron chi connectivity index (χ3n) is 3.12. The van der Waals surface area contributed by atoms with Crippen molar-refractivity contribution in [3.8, 4) is 0 Å². The first kappa shape index (κ1) is 13.8. The minimum atomic E-state index is -0.222. The summed E-state index contributed by atoms with van der Waals surface area (Å²) in [6, 6.07) is 8.89. The summed E-state index contributed by atoms with van der Waals surface area (Å²) in [5.74, 6) is 0.0895. The highest BCUT2D eigenvalue weighted by Crippen LogP contribution is 2.14. The number of nitrogens with zero attached hydrogens (tertiary/aromatic N) is 1. The first-order valence-corrected chi connectivity index (χ1v) is 6.64. The van der Waals surface area contributed by atoms with Gasteiger partial charge in [0, 0.05) is 28.6 Å². The summed E-state index contributed by atoms with van der Waals surface area (Å²) in [7, 11) is 0. The maximum absolute atomic E-state index is 12.4. The SMILES string of the molecule is Cc1cc(C)c[n+]([C@H](C)C(=O)c2ccc(Cl)cc2)c1. The molecule has 1 aromatic heterocycles. The summed E-state index contributed by atoms with van der Waals surface area (Å²) >= 11 is 5.84. The smallest absolute Gasteiger partial charge is 0.230 e. The second kappa shape index (κ2) is 5.54. The lowest BCUT2D eigenvalue weighted by atomic mass is 10.0. The van der Waals surface area contributed by atoms with Crippen LogP contribution in [0, 0.1) is 13.8 Å². The molecule has 0 fully saturated rings. The van der Waals surface area contributed by atoms with Crippen LogP contribution in [0.3, 0.4) is 0 Å². The lowest BCUT2D eigenvalue weighted by molar-refractivity contribution is -0.705. The molecule has 0 saturated carbocycles. The van der Waals surface area contributed by atoms with Crippen LogP contribution in [0.15, 0.2) is 42.7 Å². The summed E-state index contributed by atoms with van der Waals surface area (Å²) in [5.41, 5.74) is 2.98. The van der Waals surface area contributed by atoms with E-state index in [1.165, 1.54) is 0 Å². The van der Waals surface area contributed by atoms with Crippen LogP contribution < -0.4 is 4.57 Å². The number of hydrogen-bond donors (Lipinski definition) is 0. The molecule has 0 spiro atoms. The average Bonchev–Trinajstić information content (AvgIpc) is 2.37. The van der Waals surface area contributed by atoms with E-state index in [9.17, 15) is 4.79 Å². The molecule has 0 radical (unpaired) electrons. The van der Waals surface area contributed by atoms with Gasteiger partial charge in [0.15, 0.2) is 12.4 Å². The fourth-order valence-corrected chi connectivity index (χ4v) is 2.28. The number of carbonyl (C=O) groups excluding carboxylic acids is 1. The Morgan fingerprint density at radius 1 is 1.11 bits per heavy atom. The van der Waals surface area contributed by atoms with Crippen molar-refractivity contribution in [3.05, 3.63) is 64.4 Å². The second-order valence-corrected chi connectivity index (χ2v) is 5.32. The van der Waals surface area contributed by atoms with Gasteiger partial charge in [0.25, 0.3) is 0 Å². The van der Waals surface area contributed by atoms with Gasteiger partial charge in [-0.2, -0.15) is 4.57 Å². The number of benzene rings is 1. The molecule has 0 amide bonds. The molecule has 1 atom stereocenters. The van der Waals surface area contributed by atoms with Gasteiger partial charge in [0.05, 0.1) is 0 Å². The maximum atomic E-state index is 12.4. The highest BCUT2D eigenvalue weighted by atomic mass is 35.5. The highest BCUT2D eigenvalue weighted by molar-refractivity contribution is 6.30. The van der Waals surface area contributed by atoms with Crippen molar-refractivity contribution in [3.63, 3.8) is 0 Å². The van der Waals surface area contributed by atoms with Crippen molar-refractivity contribution >= 4 is 17.4 Å². The average molecular weight is 275 g/mol. The molecular weight excluding hydrogens is 258 g/mol. The Kier molecular flexibility index (Phi) is 4.01. The molecule has 2 nitrogen and oxygen atoms in total. The Morgan fingerprint density at radius 3 is 2.16 bits per heavy atom. The Morgan fingerprint density at radius 2 is 1.63 bits per heavy atom. The molecule has 0 aliphatic rings. The summed E-state index contributed by atoms with van der Waals surface area (Å²) in [5, 5.41) is 0.642. The Balaban J connectivity index is 2.30. The van der Waals surface area contributed by atoms with Crippen LogP contribution in [0.1, 0.15) is 34.5 Å². The quantitative estimate of drug-likeness (QED) is 0.618. The van der Waals surface area contributed by atoms with E-state index in [0.717, 1.165) is 11.1 Å². The van der Waals surface area contributed by atoms with Crippen LogP contribution in [0.5, 0.6) is 0 Å². The number of aryl methyl sites for hydroxylation is 2. The van der Waals surface area contributed by atoms with Crippen LogP contribution in [-0.2, 0) is 0 Å². The Labute approximate surface area is 118 Å². The predicted octanol–water partition coefficient (Wildman–Crippen LogP) is 3.69. The maximum Gasteiger partial charge on any atom is 0.230 e. The number of hydrogen-bond acceptors (Lipinski definition) is 1. The minimum absolute atomic E-state index is 0.0895. The van der Waals surface area contributed by atoms with E-state index in [2.05, 4.69) is 6.07 Å². The van der Waals surface area contributed by atoms with Crippen LogP contribution in [-0.4, -0.2) is 5.78 Å². The van der Waals surface area contributed by atoms with E-state index in [0.29, 0.717) is 10.6 Å². The Hall–Kier alpha value is -1.67. The number of pyridine rings is 1. The molecular formula is C16H17ClNO+. The number of rotatable bonds is 3. The first-order valence-electron chi connectivity index (χ1n) is 6.26. The summed E-state index contributed by atoms with van der Waals surface area (Å²) in [6.07, 6.45) is 3.98. The van der Waals surface area contributed by atoms with Crippen LogP contribution in [0.2, 0.25) is 5.02 Å². The number of carbonyl (C=O) groups is 1. The summed E-state index contributed by atoms with van der Waals surface area (Å²) in [4.78, 5) is 12.4. The molecule has 1 aromatic carbocycles. The Bertz CT molecular complexity index is 584. The topological polar surface area (TPSA) is 20.9 Å². The number of halogens is 1. The van der Waals surface area contributed by atoms with E-state index in [1.807, 2.05) is 37.7 Å². The van der Waals surface area contributed by atoms with Gasteiger partial charge >= 0.3 is 0 Å². The molecule has 3 heteroatoms. The fraction of sp³-hybridized carbons (Fsp3) is 0.250. The summed E-state index contributed by atoms with van der Waals surface area (Å²) < 4.78 is 1.96. The lowest BCUT2D eigenvalue weighted by Crippen LogP contribution is -2.42. The highest BCUT2D eigenvalue weighted by Gasteiger charge is 2.23. The number of ketones is 1. The van der Waals surface area contributed by atoms with Crippen molar-refractivity contribution in [2.24, 2.45) is 0 Å². The minimum Gasteiger partial charge on any atom is -0.287 e. The molecule has 2 aromatic rings. The lowest BCUT2D eigenvalue weighted by Gasteiger charge is -2.08. The predicted molar refractivity (Wildman–Crippen MR) is 76.6 cm³/mol. The van der Waals surface area contributed by atoms with Crippen LogP contribution in [0.25, 0.3) is 0 Å². The fourth-order valence-electron chi connectivity index (χ4n) is 2.16. The van der Waals surface area contributed by atoms with Gasteiger partial charge < -0.3 is 0 Å². The third kappa shape index (κ3) is 3.21. The van der Waals surface area contributed by atoms with E-state index in [1.54, 1.807) is 24.3 Å². The van der Waals surface area contributed by atoms with E-state index in [4.69, 9.17) is 11.6 Å². The van der Waals surface area contributed by atoms with Crippen LogP contribution >= 0.6 is 11.6 Å². The molecule has 98 valence electrons. The van der Waals surface area contributed by atoms with Crippen molar-refractivity contribution in [2.75, 3.05) is 0 Å². The summed E-state index contributed by atoms with van der Waals surface area (Å²) in [6.45, 7) is 5.97. The van der Waals surface area contributed by atoms with E-state index < -0.39 is 0 Å². The molecule has 1 heterocycles. The number of aromatic nitrogens is 1. The van der Waals surface area contributed by atoms with Gasteiger partial charge in [-0.3, -0.25) is 4.79 Å². The van der Waals surface area contributed by atoms with Crippen molar-refractivity contribution in [2.45, 2.75) is 26.8 Å². The van der Waals surface area contributed by atoms with Gasteiger partial charge in [-0.15, -0.1) is 0 Å². The molecule has 2 rings (SSSR count). The molecule has 0 unspecified atom stereocenters. The van der Waals surface area contributed by atoms with Gasteiger partial charge in [-0.1, -0.05) is 11.6 Å². The standard InChI is InChI=1S/C16H17ClNO/c1-11-8-12(2)10-18(9-11)13(3)16(19)14-4-6-15(17)7-5-14/h4-10,13H,1-3H3/q+1/t13-/m1/s1. The third-order valence-corrected chi connectivity index (χ3v) is 3.37. The molecule has 0 bridgehead atoms. The number of Topliss-reactive ketones (excluding diaryl/α,β-unsaturated/α-hetero) is 1. The van der Waals surface area contributed by atoms with E-state index >= 15 is 0 Å². The molecule has 0 N–H and O–H groups in total. The van der Waals surface area contributed by atoms with Gasteiger partial charge in [-0.05, 0) is 44.2 Å². The zero-order valence-corrected chi connectivity index (χ0v) is 12.1. The van der Waals surface area contributed by atoms with Crippen LogP contribution in [0.4, 0.5) is 0 Å². The molecule has 19 heavy (non-hydrogen) atoms. The van der Waals surface area contributed by atoms with Gasteiger partial charge in [0.2, 0.25) is 11.8 Å². The molecule has 0 aliphatic carbocycles. The van der Waals surface area contributed by atoms with E-state index in [-0.39, 0.29) is 11.8 Å². The second-order valence-electron chi connectivity index (χ2n) is 4.88. The largest absolute Gasteiger partial charge is 0.287 e. The van der Waals surface area contributed by atoms with Gasteiger partial charge in [0.1, 0.15) is 0 Å². The van der Waals surface area contributed by atoms with Crippen molar-refractivity contribution in [1.82, 2.24) is 0 Å².